The number of para-hydroxylation sites is 1. The van der Waals surface area contributed by atoms with Crippen LogP contribution in [0.4, 0.5) is 0 Å². The zero-order chi connectivity index (χ0) is 18.4. The number of nitrogens with two attached hydrogens (primary N) is 1. The average molecular weight is 350 g/mol. The van der Waals surface area contributed by atoms with Crippen molar-refractivity contribution >= 4 is 11.0 Å². The van der Waals surface area contributed by atoms with Crippen LogP contribution in [0.25, 0.3) is 11.0 Å². The third-order valence-electron chi connectivity index (χ3n) is 4.14. The van der Waals surface area contributed by atoms with Crippen LogP contribution in [-0.4, -0.2) is 9.97 Å². The maximum absolute atomic E-state index is 12.9. The molecule has 0 aliphatic carbocycles. The lowest BCUT2D eigenvalue weighted by atomic mass is 9.85. The Morgan fingerprint density at radius 1 is 1.15 bits per heavy atom. The molecule has 0 amide bonds. The molecular weight excluding hydrogens is 340 g/mol. The van der Waals surface area contributed by atoms with Crippen LogP contribution < -0.4 is 27.1 Å². The molecule has 0 fully saturated rings. The molecule has 9 heteroatoms. The van der Waals surface area contributed by atoms with Crippen LogP contribution in [0, 0.1) is 11.3 Å². The van der Waals surface area contributed by atoms with Gasteiger partial charge in [0.15, 0.2) is 5.43 Å². The number of fused-ring (bicyclic) bond motifs is 2. The summed E-state index contributed by atoms with van der Waals surface area (Å²) < 4.78 is 10.7. The van der Waals surface area contributed by atoms with Crippen molar-refractivity contribution in [3.05, 3.63) is 84.2 Å². The van der Waals surface area contributed by atoms with Crippen LogP contribution in [0.3, 0.4) is 0 Å². The van der Waals surface area contributed by atoms with Gasteiger partial charge >= 0.3 is 5.69 Å². The second-order valence-corrected chi connectivity index (χ2v) is 5.59. The first-order chi connectivity index (χ1) is 12.5. The summed E-state index contributed by atoms with van der Waals surface area (Å²) in [7, 11) is 0. The molecule has 26 heavy (non-hydrogen) atoms. The minimum Gasteiger partial charge on any atom is -0.464 e. The molecule has 2 aromatic heterocycles. The van der Waals surface area contributed by atoms with E-state index in [9.17, 15) is 19.6 Å². The van der Waals surface area contributed by atoms with E-state index in [1.807, 2.05) is 6.07 Å². The maximum Gasteiger partial charge on any atom is 0.328 e. The van der Waals surface area contributed by atoms with Gasteiger partial charge in [-0.05, 0) is 12.1 Å². The summed E-state index contributed by atoms with van der Waals surface area (Å²) in [5.41, 5.74) is 3.92. The molecule has 4 N–H and O–H groups in total. The van der Waals surface area contributed by atoms with Gasteiger partial charge in [0, 0.05) is 5.56 Å². The van der Waals surface area contributed by atoms with Gasteiger partial charge in [0.2, 0.25) is 11.8 Å². The minimum absolute atomic E-state index is 0.0327. The van der Waals surface area contributed by atoms with Crippen LogP contribution in [0.2, 0.25) is 0 Å². The molecule has 3 aromatic rings. The van der Waals surface area contributed by atoms with Crippen molar-refractivity contribution in [3.8, 4) is 11.9 Å². The van der Waals surface area contributed by atoms with E-state index in [1.54, 1.807) is 24.3 Å². The number of aromatic amines is 2. The Hall–Kier alpha value is -4.06. The second-order valence-electron chi connectivity index (χ2n) is 5.59. The Balaban J connectivity index is 2.10. The Kier molecular flexibility index (Phi) is 3.27. The fourth-order valence-corrected chi connectivity index (χ4v) is 2.99. The SMILES string of the molecule is N#CC1=C(N)Oc2[nH]c(=O)[nH]c(=O)c2C1c1coc2ccccc2c1=O. The Morgan fingerprint density at radius 2 is 1.92 bits per heavy atom. The fourth-order valence-electron chi connectivity index (χ4n) is 2.99. The van der Waals surface area contributed by atoms with E-state index in [4.69, 9.17) is 14.9 Å². The molecular formula is C17H10N4O5. The van der Waals surface area contributed by atoms with Crippen LogP contribution >= 0.6 is 0 Å². The Bertz CT molecular complexity index is 1310. The topological polar surface area (TPSA) is 155 Å². The summed E-state index contributed by atoms with van der Waals surface area (Å²) in [6.07, 6.45) is 1.18. The molecule has 1 atom stereocenters. The van der Waals surface area contributed by atoms with Gasteiger partial charge in [-0.25, -0.2) is 4.79 Å². The van der Waals surface area contributed by atoms with Gasteiger partial charge in [0.1, 0.15) is 17.2 Å². The first-order valence-electron chi connectivity index (χ1n) is 7.45. The van der Waals surface area contributed by atoms with Crippen molar-refractivity contribution in [2.45, 2.75) is 5.92 Å². The Morgan fingerprint density at radius 3 is 2.69 bits per heavy atom. The lowest BCUT2D eigenvalue weighted by Gasteiger charge is -2.23. The number of nitrogens with one attached hydrogen (secondary N) is 2. The van der Waals surface area contributed by atoms with Gasteiger partial charge in [0.25, 0.3) is 5.56 Å². The molecule has 1 unspecified atom stereocenters. The molecule has 0 spiro atoms. The highest BCUT2D eigenvalue weighted by molar-refractivity contribution is 5.77. The van der Waals surface area contributed by atoms with Gasteiger partial charge in [-0.15, -0.1) is 0 Å². The van der Waals surface area contributed by atoms with E-state index in [1.165, 1.54) is 6.26 Å². The number of H-pyrrole nitrogens is 2. The summed E-state index contributed by atoms with van der Waals surface area (Å²) in [6.45, 7) is 0. The van der Waals surface area contributed by atoms with E-state index >= 15 is 0 Å². The third-order valence-corrected chi connectivity index (χ3v) is 4.14. The maximum atomic E-state index is 12.9. The number of nitriles is 1. The lowest BCUT2D eigenvalue weighted by molar-refractivity contribution is 0.372. The highest BCUT2D eigenvalue weighted by Gasteiger charge is 2.36. The van der Waals surface area contributed by atoms with Crippen LogP contribution in [0.15, 0.2) is 60.8 Å². The van der Waals surface area contributed by atoms with E-state index in [0.29, 0.717) is 5.58 Å². The average Bonchev–Trinajstić information content (AvgIpc) is 2.61. The van der Waals surface area contributed by atoms with Crippen LogP contribution in [0.5, 0.6) is 5.88 Å². The predicted octanol–water partition coefficient (Wildman–Crippen LogP) is 0.388. The largest absolute Gasteiger partial charge is 0.464 e. The molecule has 1 aromatic carbocycles. The summed E-state index contributed by atoms with van der Waals surface area (Å²) >= 11 is 0. The first-order valence-corrected chi connectivity index (χ1v) is 7.45. The minimum atomic E-state index is -1.13. The number of ether oxygens (including phenoxy) is 1. The Labute approximate surface area is 144 Å². The number of aromatic nitrogens is 2. The number of benzene rings is 1. The molecule has 1 aliphatic rings. The van der Waals surface area contributed by atoms with Crippen LogP contribution in [-0.2, 0) is 0 Å². The normalized spacial score (nSPS) is 16.0. The molecule has 3 heterocycles. The third kappa shape index (κ3) is 2.13. The zero-order valence-electron chi connectivity index (χ0n) is 13.0. The molecule has 9 nitrogen and oxygen atoms in total. The summed E-state index contributed by atoms with van der Waals surface area (Å²) in [5, 5.41) is 9.77. The fraction of sp³-hybridized carbons (Fsp3) is 0.0588. The van der Waals surface area contributed by atoms with Crippen molar-refractivity contribution in [1.82, 2.24) is 9.97 Å². The van der Waals surface area contributed by atoms with E-state index in [2.05, 4.69) is 9.97 Å². The zero-order valence-corrected chi connectivity index (χ0v) is 13.0. The molecule has 0 bridgehead atoms. The van der Waals surface area contributed by atoms with E-state index < -0.39 is 22.6 Å². The summed E-state index contributed by atoms with van der Waals surface area (Å²) in [6, 6.07) is 8.44. The van der Waals surface area contributed by atoms with Gasteiger partial charge in [-0.1, -0.05) is 12.1 Å². The van der Waals surface area contributed by atoms with Crippen molar-refractivity contribution in [2.24, 2.45) is 5.73 Å². The summed E-state index contributed by atoms with van der Waals surface area (Å²) in [5.74, 6) is -1.66. The van der Waals surface area contributed by atoms with Crippen molar-refractivity contribution in [3.63, 3.8) is 0 Å². The number of hydrogen-bond acceptors (Lipinski definition) is 7. The number of rotatable bonds is 1. The number of allylic oxidation sites excluding steroid dienone is 1. The van der Waals surface area contributed by atoms with Gasteiger partial charge in [0.05, 0.1) is 23.1 Å². The summed E-state index contributed by atoms with van der Waals surface area (Å²) in [4.78, 5) is 41.2. The van der Waals surface area contributed by atoms with Crippen LogP contribution in [0.1, 0.15) is 17.0 Å². The first kappa shape index (κ1) is 15.5. The highest BCUT2D eigenvalue weighted by atomic mass is 16.5. The molecule has 1 aliphatic heterocycles. The van der Waals surface area contributed by atoms with E-state index in [-0.39, 0.29) is 33.8 Å². The predicted molar refractivity (Wildman–Crippen MR) is 89.5 cm³/mol. The van der Waals surface area contributed by atoms with E-state index in [0.717, 1.165) is 0 Å². The monoisotopic (exact) mass is 350 g/mol. The van der Waals surface area contributed by atoms with Gasteiger partial charge in [-0.3, -0.25) is 19.6 Å². The van der Waals surface area contributed by atoms with Gasteiger partial charge in [-0.2, -0.15) is 5.26 Å². The number of nitrogens with zero attached hydrogens (tertiary/aromatic N) is 1. The molecule has 0 radical (unpaired) electrons. The molecule has 128 valence electrons. The lowest BCUT2D eigenvalue weighted by Crippen LogP contribution is -2.34. The smallest absolute Gasteiger partial charge is 0.328 e. The molecule has 4 rings (SSSR count). The molecule has 0 saturated carbocycles. The quantitative estimate of drug-likeness (QED) is 0.573. The standard InChI is InChI=1S/C17H10N4O5/c18-5-8-11(9-6-25-10-4-2-1-3-7(10)13(9)22)12-15(23)20-17(24)21-16(12)26-14(8)19/h1-4,6,11H,19H2,(H2,20,21,23,24). The van der Waals surface area contributed by atoms with Gasteiger partial charge < -0.3 is 14.9 Å². The molecule has 0 saturated heterocycles. The number of hydrogen-bond donors (Lipinski definition) is 3. The second kappa shape index (κ2) is 5.49. The van der Waals surface area contributed by atoms with Crippen molar-refractivity contribution in [2.75, 3.05) is 0 Å². The highest BCUT2D eigenvalue weighted by Crippen LogP contribution is 2.37. The van der Waals surface area contributed by atoms with Crippen molar-refractivity contribution < 1.29 is 9.15 Å². The van der Waals surface area contributed by atoms with Crippen molar-refractivity contribution in [1.29, 1.82) is 5.26 Å².